The van der Waals surface area contributed by atoms with Gasteiger partial charge in [0.25, 0.3) is 0 Å². The Balaban J connectivity index is 1.70. The molecule has 0 atom stereocenters. The molecule has 6 heteroatoms. The molecule has 5 nitrogen and oxygen atoms in total. The summed E-state index contributed by atoms with van der Waals surface area (Å²) in [6.07, 6.45) is 0. The number of para-hydroxylation sites is 3. The van der Waals surface area contributed by atoms with Gasteiger partial charge in [-0.1, -0.05) is 42.5 Å². The van der Waals surface area contributed by atoms with Gasteiger partial charge in [-0.3, -0.25) is 0 Å². The predicted octanol–water partition coefficient (Wildman–Crippen LogP) is 5.08. The smallest absolute Gasteiger partial charge is 0.128 e. The molecule has 1 aliphatic rings. The Morgan fingerprint density at radius 1 is 0.935 bits per heavy atom. The molecule has 0 saturated heterocycles. The van der Waals surface area contributed by atoms with Crippen LogP contribution < -0.4 is 14.6 Å². The summed E-state index contributed by atoms with van der Waals surface area (Å²) in [4.78, 5) is 4.45. The Morgan fingerprint density at radius 3 is 2.42 bits per heavy atom. The van der Waals surface area contributed by atoms with Crippen LogP contribution in [0.15, 0.2) is 88.4 Å². The fourth-order valence-electron chi connectivity index (χ4n) is 3.51. The van der Waals surface area contributed by atoms with Gasteiger partial charge in [-0.25, -0.2) is 5.01 Å². The number of nitrogens with zero attached hydrogens (tertiary/aromatic N) is 4. The van der Waals surface area contributed by atoms with Crippen LogP contribution in [0.25, 0.3) is 0 Å². The fourth-order valence-corrected chi connectivity index (χ4v) is 4.00. The van der Waals surface area contributed by atoms with E-state index in [9.17, 15) is 0 Å². The van der Waals surface area contributed by atoms with Gasteiger partial charge in [-0.2, -0.15) is 5.10 Å². The molecule has 160 valence electrons. The van der Waals surface area contributed by atoms with Gasteiger partial charge >= 0.3 is 0 Å². The summed E-state index contributed by atoms with van der Waals surface area (Å²) in [6.45, 7) is 2.87. The van der Waals surface area contributed by atoms with Crippen molar-refractivity contribution < 1.29 is 4.74 Å². The predicted molar refractivity (Wildman–Crippen MR) is 132 cm³/mol. The third-order valence-corrected chi connectivity index (χ3v) is 5.80. The van der Waals surface area contributed by atoms with Gasteiger partial charge < -0.3 is 14.5 Å². The Labute approximate surface area is 192 Å². The molecule has 31 heavy (non-hydrogen) atoms. The van der Waals surface area contributed by atoms with Crippen LogP contribution in [0.1, 0.15) is 5.56 Å². The second-order valence-corrected chi connectivity index (χ2v) is 8.57. The number of benzene rings is 3. The Hall–Kier alpha value is -2.83. The molecule has 0 N–H and O–H groups in total. The SMILES string of the molecule is CN(C)CCOc1ccccc1C1=NN(c2ccccc2Br)CN(c2ccccc2)C1. The summed E-state index contributed by atoms with van der Waals surface area (Å²) in [7, 11) is 4.10. The normalized spacial score (nSPS) is 14.0. The van der Waals surface area contributed by atoms with Crippen molar-refractivity contribution in [2.24, 2.45) is 5.10 Å². The van der Waals surface area contributed by atoms with Crippen molar-refractivity contribution in [1.29, 1.82) is 0 Å². The molecule has 0 fully saturated rings. The molecule has 0 aromatic heterocycles. The number of halogens is 1. The van der Waals surface area contributed by atoms with E-state index in [-0.39, 0.29) is 0 Å². The third kappa shape index (κ3) is 5.27. The van der Waals surface area contributed by atoms with Crippen molar-refractivity contribution >= 4 is 33.0 Å². The van der Waals surface area contributed by atoms with Crippen molar-refractivity contribution in [2.45, 2.75) is 0 Å². The summed E-state index contributed by atoms with van der Waals surface area (Å²) in [5.41, 5.74) is 4.20. The van der Waals surface area contributed by atoms with Gasteiger partial charge in [-0.05, 0) is 66.4 Å². The van der Waals surface area contributed by atoms with E-state index < -0.39 is 0 Å². The van der Waals surface area contributed by atoms with Crippen LogP contribution in [0, 0.1) is 0 Å². The maximum Gasteiger partial charge on any atom is 0.128 e. The molecule has 0 bridgehead atoms. The number of rotatable bonds is 7. The van der Waals surface area contributed by atoms with Crippen molar-refractivity contribution in [3.05, 3.63) is 88.9 Å². The zero-order valence-corrected chi connectivity index (χ0v) is 19.5. The van der Waals surface area contributed by atoms with Gasteiger partial charge in [0.05, 0.1) is 17.9 Å². The molecular weight excluding hydrogens is 452 g/mol. The monoisotopic (exact) mass is 478 g/mol. The molecule has 3 aromatic carbocycles. The first-order valence-electron chi connectivity index (χ1n) is 10.4. The van der Waals surface area contributed by atoms with Gasteiger partial charge in [0.15, 0.2) is 0 Å². The van der Waals surface area contributed by atoms with E-state index in [1.807, 2.05) is 61.6 Å². The molecule has 0 unspecified atom stereocenters. The lowest BCUT2D eigenvalue weighted by atomic mass is 10.1. The molecule has 0 aliphatic carbocycles. The molecule has 1 aliphatic heterocycles. The molecular formula is C25H27BrN4O. The summed E-state index contributed by atoms with van der Waals surface area (Å²) >= 11 is 3.69. The first kappa shape index (κ1) is 21.4. The molecule has 0 spiro atoms. The topological polar surface area (TPSA) is 31.3 Å². The van der Waals surface area contributed by atoms with Crippen LogP contribution in [0.4, 0.5) is 11.4 Å². The highest BCUT2D eigenvalue weighted by Gasteiger charge is 2.24. The summed E-state index contributed by atoms with van der Waals surface area (Å²) in [5, 5.41) is 7.10. The molecule has 0 amide bonds. The van der Waals surface area contributed by atoms with Crippen LogP contribution in [-0.2, 0) is 0 Å². The maximum atomic E-state index is 6.14. The first-order valence-corrected chi connectivity index (χ1v) is 11.2. The Morgan fingerprint density at radius 2 is 1.65 bits per heavy atom. The lowest BCUT2D eigenvalue weighted by Gasteiger charge is -2.36. The van der Waals surface area contributed by atoms with Gasteiger partial charge in [-0.15, -0.1) is 0 Å². The number of ether oxygens (including phenoxy) is 1. The quantitative estimate of drug-likeness (QED) is 0.473. The second kappa shape index (κ2) is 9.98. The first-order chi connectivity index (χ1) is 15.1. The van der Waals surface area contributed by atoms with Crippen LogP contribution in [0.5, 0.6) is 5.75 Å². The van der Waals surface area contributed by atoms with Crippen molar-refractivity contribution in [3.63, 3.8) is 0 Å². The maximum absolute atomic E-state index is 6.14. The van der Waals surface area contributed by atoms with Crippen molar-refractivity contribution in [1.82, 2.24) is 4.90 Å². The van der Waals surface area contributed by atoms with Gasteiger partial charge in [0, 0.05) is 22.3 Å². The average molecular weight is 479 g/mol. The molecule has 0 saturated carbocycles. The average Bonchev–Trinajstić information content (AvgIpc) is 2.80. The highest BCUT2D eigenvalue weighted by Crippen LogP contribution is 2.31. The number of anilines is 2. The van der Waals surface area contributed by atoms with Gasteiger partial charge in [0.1, 0.15) is 19.0 Å². The van der Waals surface area contributed by atoms with E-state index in [1.165, 1.54) is 0 Å². The van der Waals surface area contributed by atoms with E-state index in [0.717, 1.165) is 39.4 Å². The van der Waals surface area contributed by atoms with Crippen molar-refractivity contribution in [3.8, 4) is 5.75 Å². The summed E-state index contributed by atoms with van der Waals surface area (Å²) in [6, 6.07) is 26.8. The van der Waals surface area contributed by atoms with Crippen LogP contribution in [0.3, 0.4) is 0 Å². The summed E-state index contributed by atoms with van der Waals surface area (Å²) in [5.74, 6) is 0.866. The Kier molecular flexibility index (Phi) is 6.89. The number of hydrogen-bond acceptors (Lipinski definition) is 5. The lowest BCUT2D eigenvalue weighted by molar-refractivity contribution is 0.261. The van der Waals surface area contributed by atoms with E-state index >= 15 is 0 Å². The molecule has 1 heterocycles. The van der Waals surface area contributed by atoms with E-state index in [1.54, 1.807) is 0 Å². The summed E-state index contributed by atoms with van der Waals surface area (Å²) < 4.78 is 7.16. The van der Waals surface area contributed by atoms with Crippen LogP contribution >= 0.6 is 15.9 Å². The number of likely N-dealkylation sites (N-methyl/N-ethyl adjacent to an activating group) is 1. The third-order valence-electron chi connectivity index (χ3n) is 5.13. The second-order valence-electron chi connectivity index (χ2n) is 7.72. The minimum atomic E-state index is 0.633. The molecule has 0 radical (unpaired) electrons. The largest absolute Gasteiger partial charge is 0.492 e. The van der Waals surface area contributed by atoms with Crippen molar-refractivity contribution in [2.75, 3.05) is 50.4 Å². The minimum absolute atomic E-state index is 0.633. The van der Waals surface area contributed by atoms with Crippen LogP contribution in [-0.4, -0.2) is 51.1 Å². The van der Waals surface area contributed by atoms with E-state index in [0.29, 0.717) is 19.8 Å². The number of hydrazone groups is 1. The molecule has 3 aromatic rings. The zero-order chi connectivity index (χ0) is 21.6. The highest BCUT2D eigenvalue weighted by atomic mass is 79.9. The van der Waals surface area contributed by atoms with E-state index in [2.05, 4.69) is 62.1 Å². The van der Waals surface area contributed by atoms with E-state index in [4.69, 9.17) is 9.84 Å². The lowest BCUT2D eigenvalue weighted by Crippen LogP contribution is -2.44. The number of hydrogen-bond donors (Lipinski definition) is 0. The minimum Gasteiger partial charge on any atom is -0.492 e. The highest BCUT2D eigenvalue weighted by molar-refractivity contribution is 9.10. The fraction of sp³-hybridized carbons (Fsp3) is 0.240. The standard InChI is InChI=1S/C25H27BrN4O/c1-28(2)16-17-31-25-15-9-6-12-21(25)23-18-29(20-10-4-3-5-11-20)19-30(27-23)24-14-8-7-13-22(24)26/h3-15H,16-19H2,1-2H3. The van der Waals surface area contributed by atoms with Gasteiger partial charge in [0.2, 0.25) is 0 Å². The molecule has 4 rings (SSSR count). The zero-order valence-electron chi connectivity index (χ0n) is 17.9. The van der Waals surface area contributed by atoms with Crippen LogP contribution in [0.2, 0.25) is 0 Å². The Bertz CT molecular complexity index is 1040.